The normalized spacial score (nSPS) is 15.9. The van der Waals surface area contributed by atoms with Gasteiger partial charge in [0.2, 0.25) is 5.91 Å². The Morgan fingerprint density at radius 2 is 2.11 bits per heavy atom. The Kier molecular flexibility index (Phi) is 3.50. The van der Waals surface area contributed by atoms with Gasteiger partial charge in [-0.2, -0.15) is 0 Å². The zero-order valence-electron chi connectivity index (χ0n) is 11.5. The molecule has 0 bridgehead atoms. The lowest BCUT2D eigenvalue weighted by Crippen LogP contribution is -2.44. The molecule has 1 saturated carbocycles. The number of amides is 2. The number of nitrogens with zero attached hydrogens (tertiary/aromatic N) is 2. The summed E-state index contributed by atoms with van der Waals surface area (Å²) in [4.78, 5) is 25.4. The second-order valence-corrected chi connectivity index (χ2v) is 5.22. The zero-order valence-corrected chi connectivity index (χ0v) is 11.5. The van der Waals surface area contributed by atoms with Crippen molar-refractivity contribution in [2.24, 2.45) is 0 Å². The van der Waals surface area contributed by atoms with E-state index in [-0.39, 0.29) is 11.8 Å². The molecule has 19 heavy (non-hydrogen) atoms. The van der Waals surface area contributed by atoms with Gasteiger partial charge in [0.25, 0.3) is 5.91 Å². The van der Waals surface area contributed by atoms with Gasteiger partial charge in [0.1, 0.15) is 11.7 Å². The predicted octanol–water partition coefficient (Wildman–Crippen LogP) is 0.612. The number of nitrogens with two attached hydrogens (primary N) is 1. The SMILES string of the molecule is CC(NC(=O)c1cc(N)cn1C1CC1)C(=O)N(C)C. The van der Waals surface area contributed by atoms with Crippen LogP contribution in [0.25, 0.3) is 0 Å². The molecule has 0 radical (unpaired) electrons. The van der Waals surface area contributed by atoms with Crippen molar-refractivity contribution in [2.45, 2.75) is 31.8 Å². The Balaban J connectivity index is 2.09. The highest BCUT2D eigenvalue weighted by atomic mass is 16.2. The molecule has 6 nitrogen and oxygen atoms in total. The molecule has 1 fully saturated rings. The van der Waals surface area contributed by atoms with Gasteiger partial charge in [0, 0.05) is 26.3 Å². The largest absolute Gasteiger partial charge is 0.397 e. The number of hydrogen-bond acceptors (Lipinski definition) is 3. The van der Waals surface area contributed by atoms with E-state index >= 15 is 0 Å². The molecule has 0 spiro atoms. The van der Waals surface area contributed by atoms with Gasteiger partial charge < -0.3 is 20.5 Å². The minimum atomic E-state index is -0.550. The first-order chi connectivity index (χ1) is 8.90. The Hall–Kier alpha value is -1.98. The summed E-state index contributed by atoms with van der Waals surface area (Å²) in [5.74, 6) is -0.392. The average molecular weight is 264 g/mol. The van der Waals surface area contributed by atoms with E-state index in [1.165, 1.54) is 4.90 Å². The van der Waals surface area contributed by atoms with Crippen LogP contribution in [-0.4, -0.2) is 41.4 Å². The van der Waals surface area contributed by atoms with Gasteiger partial charge in [-0.1, -0.05) is 0 Å². The molecule has 0 aromatic carbocycles. The van der Waals surface area contributed by atoms with Gasteiger partial charge in [-0.05, 0) is 25.8 Å². The molecule has 1 atom stereocenters. The Morgan fingerprint density at radius 1 is 1.47 bits per heavy atom. The van der Waals surface area contributed by atoms with Crippen molar-refractivity contribution < 1.29 is 9.59 Å². The minimum Gasteiger partial charge on any atom is -0.397 e. The van der Waals surface area contributed by atoms with Crippen LogP contribution in [0, 0.1) is 0 Å². The number of anilines is 1. The smallest absolute Gasteiger partial charge is 0.268 e. The Labute approximate surface area is 112 Å². The summed E-state index contributed by atoms with van der Waals surface area (Å²) >= 11 is 0. The number of nitrogen functional groups attached to an aromatic ring is 1. The molecule has 104 valence electrons. The van der Waals surface area contributed by atoms with Gasteiger partial charge >= 0.3 is 0 Å². The highest BCUT2D eigenvalue weighted by molar-refractivity contribution is 5.97. The van der Waals surface area contributed by atoms with Crippen molar-refractivity contribution in [3.05, 3.63) is 18.0 Å². The van der Waals surface area contributed by atoms with Crippen molar-refractivity contribution in [3.63, 3.8) is 0 Å². The van der Waals surface area contributed by atoms with Crippen molar-refractivity contribution in [1.29, 1.82) is 0 Å². The van der Waals surface area contributed by atoms with Gasteiger partial charge in [0.15, 0.2) is 0 Å². The molecule has 1 aliphatic rings. The fraction of sp³-hybridized carbons (Fsp3) is 0.538. The van der Waals surface area contributed by atoms with Gasteiger partial charge in [0.05, 0.1) is 5.69 Å². The maximum Gasteiger partial charge on any atom is 0.268 e. The van der Waals surface area contributed by atoms with E-state index in [1.807, 2.05) is 4.57 Å². The molecule has 0 saturated heterocycles. The van der Waals surface area contributed by atoms with E-state index in [1.54, 1.807) is 33.3 Å². The Bertz CT molecular complexity index is 503. The van der Waals surface area contributed by atoms with Crippen molar-refractivity contribution in [2.75, 3.05) is 19.8 Å². The van der Waals surface area contributed by atoms with E-state index in [0.29, 0.717) is 17.4 Å². The van der Waals surface area contributed by atoms with Crippen LogP contribution in [-0.2, 0) is 4.79 Å². The molecular formula is C13H20N4O2. The molecular weight excluding hydrogens is 244 g/mol. The number of aromatic nitrogens is 1. The predicted molar refractivity (Wildman–Crippen MR) is 72.7 cm³/mol. The van der Waals surface area contributed by atoms with Crippen LogP contribution in [0.5, 0.6) is 0 Å². The average Bonchev–Trinajstić information content (AvgIpc) is 3.11. The third-order valence-corrected chi connectivity index (χ3v) is 3.20. The highest BCUT2D eigenvalue weighted by Gasteiger charge is 2.28. The fourth-order valence-electron chi connectivity index (χ4n) is 2.06. The quantitative estimate of drug-likeness (QED) is 0.836. The zero-order chi connectivity index (χ0) is 14.2. The van der Waals surface area contributed by atoms with Crippen molar-refractivity contribution in [3.8, 4) is 0 Å². The summed E-state index contributed by atoms with van der Waals surface area (Å²) in [6, 6.07) is 1.48. The standard InChI is InChI=1S/C13H20N4O2/c1-8(13(19)16(2)3)15-12(18)11-6-9(14)7-17(11)10-4-5-10/h6-8,10H,4-5,14H2,1-3H3,(H,15,18). The highest BCUT2D eigenvalue weighted by Crippen LogP contribution is 2.37. The van der Waals surface area contributed by atoms with Crippen LogP contribution < -0.4 is 11.1 Å². The molecule has 0 aliphatic heterocycles. The summed E-state index contributed by atoms with van der Waals surface area (Å²) in [6.07, 6.45) is 3.92. The number of likely N-dealkylation sites (N-methyl/N-ethyl adjacent to an activating group) is 1. The van der Waals surface area contributed by atoms with Crippen molar-refractivity contribution in [1.82, 2.24) is 14.8 Å². The van der Waals surface area contributed by atoms with E-state index in [0.717, 1.165) is 12.8 Å². The summed E-state index contributed by atoms with van der Waals surface area (Å²) in [6.45, 7) is 1.67. The first kappa shape index (κ1) is 13.5. The maximum atomic E-state index is 12.2. The van der Waals surface area contributed by atoms with E-state index in [2.05, 4.69) is 5.32 Å². The molecule has 1 unspecified atom stereocenters. The molecule has 2 rings (SSSR count). The summed E-state index contributed by atoms with van der Waals surface area (Å²) < 4.78 is 1.90. The van der Waals surface area contributed by atoms with Crippen molar-refractivity contribution >= 4 is 17.5 Å². The fourth-order valence-corrected chi connectivity index (χ4v) is 2.06. The van der Waals surface area contributed by atoms with E-state index in [4.69, 9.17) is 5.73 Å². The van der Waals surface area contributed by atoms with E-state index in [9.17, 15) is 9.59 Å². The van der Waals surface area contributed by atoms with E-state index < -0.39 is 6.04 Å². The number of nitrogens with one attached hydrogen (secondary N) is 1. The maximum absolute atomic E-state index is 12.2. The molecule has 1 aliphatic carbocycles. The molecule has 2 amide bonds. The first-order valence-electron chi connectivity index (χ1n) is 6.39. The van der Waals surface area contributed by atoms with Crippen LogP contribution in [0.1, 0.15) is 36.3 Å². The summed E-state index contributed by atoms with van der Waals surface area (Å²) in [5.41, 5.74) is 6.84. The lowest BCUT2D eigenvalue weighted by molar-refractivity contribution is -0.130. The minimum absolute atomic E-state index is 0.133. The van der Waals surface area contributed by atoms with Gasteiger partial charge in [-0.25, -0.2) is 0 Å². The summed E-state index contributed by atoms with van der Waals surface area (Å²) in [7, 11) is 3.33. The van der Waals surface area contributed by atoms with Crippen LogP contribution in [0.4, 0.5) is 5.69 Å². The lowest BCUT2D eigenvalue weighted by Gasteiger charge is -2.18. The number of carbonyl (C=O) groups excluding carboxylic acids is 2. The molecule has 3 N–H and O–H groups in total. The third kappa shape index (κ3) is 2.89. The third-order valence-electron chi connectivity index (χ3n) is 3.20. The monoisotopic (exact) mass is 264 g/mol. The van der Waals surface area contributed by atoms with Gasteiger partial charge in [-0.3, -0.25) is 9.59 Å². The molecule has 1 aromatic rings. The molecule has 1 aromatic heterocycles. The lowest BCUT2D eigenvalue weighted by atomic mass is 10.2. The Morgan fingerprint density at radius 3 is 2.63 bits per heavy atom. The number of rotatable bonds is 4. The molecule has 6 heteroatoms. The second-order valence-electron chi connectivity index (χ2n) is 5.22. The number of hydrogen-bond donors (Lipinski definition) is 2. The first-order valence-corrected chi connectivity index (χ1v) is 6.39. The van der Waals surface area contributed by atoms with Crippen LogP contribution >= 0.6 is 0 Å². The number of carbonyl (C=O) groups is 2. The van der Waals surface area contributed by atoms with Crippen LogP contribution in [0.2, 0.25) is 0 Å². The van der Waals surface area contributed by atoms with Gasteiger partial charge in [-0.15, -0.1) is 0 Å². The van der Waals surface area contributed by atoms with Crippen LogP contribution in [0.3, 0.4) is 0 Å². The second kappa shape index (κ2) is 4.95. The molecule has 1 heterocycles. The van der Waals surface area contributed by atoms with Crippen LogP contribution in [0.15, 0.2) is 12.3 Å². The topological polar surface area (TPSA) is 80.4 Å². The summed E-state index contributed by atoms with van der Waals surface area (Å²) in [5, 5.41) is 2.71.